The normalized spacial score (nSPS) is 11.7. The fourth-order valence-corrected chi connectivity index (χ4v) is 4.54. The summed E-state index contributed by atoms with van der Waals surface area (Å²) < 4.78 is 6.25. The molecule has 29 heavy (non-hydrogen) atoms. The summed E-state index contributed by atoms with van der Waals surface area (Å²) in [6, 6.07) is 9.11. The van der Waals surface area contributed by atoms with Crippen molar-refractivity contribution in [2.24, 2.45) is 0 Å². The quantitative estimate of drug-likeness (QED) is 0.420. The van der Waals surface area contributed by atoms with Gasteiger partial charge in [-0.2, -0.15) is 0 Å². The molecule has 0 saturated heterocycles. The SMILES string of the molecule is CCOc1ccccc1Nc1nnc(SC(C)C(=O)Nc2ncc(Cl)cc2Cl)s1. The number of pyridine rings is 1. The maximum absolute atomic E-state index is 12.4. The first-order valence-corrected chi connectivity index (χ1v) is 11.0. The molecule has 7 nitrogen and oxygen atoms in total. The predicted molar refractivity (Wildman–Crippen MR) is 119 cm³/mol. The second-order valence-electron chi connectivity index (χ2n) is 5.66. The molecular formula is C18H17Cl2N5O2S2. The summed E-state index contributed by atoms with van der Waals surface area (Å²) in [6.07, 6.45) is 1.42. The molecule has 0 aliphatic heterocycles. The van der Waals surface area contributed by atoms with Crippen LogP contribution < -0.4 is 15.4 Å². The minimum absolute atomic E-state index is 0.252. The van der Waals surface area contributed by atoms with Crippen molar-refractivity contribution in [3.05, 3.63) is 46.6 Å². The van der Waals surface area contributed by atoms with E-state index in [0.717, 1.165) is 11.4 Å². The van der Waals surface area contributed by atoms with Gasteiger partial charge in [0.2, 0.25) is 11.0 Å². The number of halogens is 2. The van der Waals surface area contributed by atoms with Crippen molar-refractivity contribution in [1.82, 2.24) is 15.2 Å². The van der Waals surface area contributed by atoms with E-state index in [1.54, 1.807) is 6.92 Å². The van der Waals surface area contributed by atoms with Crippen LogP contribution in [0.25, 0.3) is 0 Å². The maximum atomic E-state index is 12.4. The van der Waals surface area contributed by atoms with Crippen LogP contribution in [0.2, 0.25) is 10.0 Å². The van der Waals surface area contributed by atoms with E-state index in [1.807, 2.05) is 31.2 Å². The molecule has 0 bridgehead atoms. The number of thioether (sulfide) groups is 1. The van der Waals surface area contributed by atoms with Crippen LogP contribution in [0, 0.1) is 0 Å². The molecule has 1 atom stereocenters. The molecule has 2 heterocycles. The maximum Gasteiger partial charge on any atom is 0.238 e. The summed E-state index contributed by atoms with van der Waals surface area (Å²) in [5, 5.41) is 15.0. The molecule has 2 N–H and O–H groups in total. The number of carbonyl (C=O) groups is 1. The minimum atomic E-state index is -0.431. The Balaban J connectivity index is 1.61. The molecule has 2 aromatic heterocycles. The number of benzene rings is 1. The zero-order valence-electron chi connectivity index (χ0n) is 15.5. The van der Waals surface area contributed by atoms with Crippen molar-refractivity contribution < 1.29 is 9.53 Å². The number of rotatable bonds is 8. The van der Waals surface area contributed by atoms with E-state index in [-0.39, 0.29) is 16.7 Å². The number of aromatic nitrogens is 3. The monoisotopic (exact) mass is 469 g/mol. The Bertz CT molecular complexity index is 1000. The Morgan fingerprint density at radius 3 is 2.86 bits per heavy atom. The third kappa shape index (κ3) is 5.96. The third-order valence-corrected chi connectivity index (χ3v) is 6.05. The summed E-state index contributed by atoms with van der Waals surface area (Å²) >= 11 is 14.5. The van der Waals surface area contributed by atoms with Gasteiger partial charge in [-0.25, -0.2) is 4.98 Å². The van der Waals surface area contributed by atoms with Gasteiger partial charge in [-0.3, -0.25) is 4.79 Å². The van der Waals surface area contributed by atoms with Crippen LogP contribution >= 0.6 is 46.3 Å². The van der Waals surface area contributed by atoms with Gasteiger partial charge in [0.25, 0.3) is 0 Å². The van der Waals surface area contributed by atoms with E-state index in [1.165, 1.54) is 35.4 Å². The highest BCUT2D eigenvalue weighted by molar-refractivity contribution is 8.02. The number of nitrogens with zero attached hydrogens (tertiary/aromatic N) is 3. The number of hydrogen-bond donors (Lipinski definition) is 2. The van der Waals surface area contributed by atoms with E-state index in [0.29, 0.717) is 21.1 Å². The van der Waals surface area contributed by atoms with Crippen LogP contribution in [0.4, 0.5) is 16.6 Å². The van der Waals surface area contributed by atoms with Crippen molar-refractivity contribution in [3.8, 4) is 5.75 Å². The van der Waals surface area contributed by atoms with Crippen molar-refractivity contribution in [1.29, 1.82) is 0 Å². The van der Waals surface area contributed by atoms with E-state index < -0.39 is 5.25 Å². The molecular weight excluding hydrogens is 453 g/mol. The van der Waals surface area contributed by atoms with Crippen molar-refractivity contribution in [3.63, 3.8) is 0 Å². The van der Waals surface area contributed by atoms with Crippen LogP contribution in [-0.2, 0) is 4.79 Å². The highest BCUT2D eigenvalue weighted by Crippen LogP contribution is 2.33. The van der Waals surface area contributed by atoms with E-state index >= 15 is 0 Å². The standard InChI is InChI=1S/C18H17Cl2N5O2S2/c1-3-27-14-7-5-4-6-13(14)22-17-24-25-18(29-17)28-10(2)16(26)23-15-12(20)8-11(19)9-21-15/h4-10H,3H2,1-2H3,(H,22,24)(H,21,23,26). The van der Waals surface area contributed by atoms with Gasteiger partial charge >= 0.3 is 0 Å². The first-order valence-electron chi connectivity index (χ1n) is 8.57. The number of para-hydroxylation sites is 2. The molecule has 0 aliphatic rings. The number of ether oxygens (including phenoxy) is 1. The van der Waals surface area contributed by atoms with Crippen LogP contribution in [0.3, 0.4) is 0 Å². The number of nitrogens with one attached hydrogen (secondary N) is 2. The lowest BCUT2D eigenvalue weighted by atomic mass is 10.3. The largest absolute Gasteiger partial charge is 0.492 e. The molecule has 0 aliphatic carbocycles. The second kappa shape index (κ2) is 10.1. The van der Waals surface area contributed by atoms with Crippen LogP contribution in [0.1, 0.15) is 13.8 Å². The van der Waals surface area contributed by atoms with Crippen molar-refractivity contribution in [2.75, 3.05) is 17.2 Å². The summed E-state index contributed by atoms with van der Waals surface area (Å²) in [5.74, 6) is 0.748. The van der Waals surface area contributed by atoms with Crippen molar-refractivity contribution in [2.45, 2.75) is 23.4 Å². The lowest BCUT2D eigenvalue weighted by Crippen LogP contribution is -2.23. The average Bonchev–Trinajstić information content (AvgIpc) is 3.12. The molecule has 0 saturated carbocycles. The lowest BCUT2D eigenvalue weighted by Gasteiger charge is -2.10. The van der Waals surface area contributed by atoms with Gasteiger partial charge in [0.1, 0.15) is 5.75 Å². The van der Waals surface area contributed by atoms with Crippen molar-refractivity contribution >= 4 is 68.8 Å². The number of hydrogen-bond acceptors (Lipinski definition) is 8. The molecule has 3 aromatic rings. The molecule has 152 valence electrons. The number of anilines is 3. The molecule has 1 aromatic carbocycles. The Morgan fingerprint density at radius 2 is 2.10 bits per heavy atom. The van der Waals surface area contributed by atoms with Gasteiger partial charge in [-0.05, 0) is 32.0 Å². The number of amides is 1. The van der Waals surface area contributed by atoms with Crippen LogP contribution in [0.15, 0.2) is 40.9 Å². The zero-order chi connectivity index (χ0) is 20.8. The Hall–Kier alpha value is -2.07. The predicted octanol–water partition coefficient (Wildman–Crippen LogP) is 5.50. The fraction of sp³-hybridized carbons (Fsp3) is 0.222. The molecule has 0 spiro atoms. The van der Waals surface area contributed by atoms with Crippen LogP contribution in [-0.4, -0.2) is 32.9 Å². The molecule has 1 amide bonds. The van der Waals surface area contributed by atoms with E-state index in [2.05, 4.69) is 25.8 Å². The van der Waals surface area contributed by atoms with Crippen LogP contribution in [0.5, 0.6) is 5.75 Å². The Kier molecular flexibility index (Phi) is 7.54. The summed E-state index contributed by atoms with van der Waals surface area (Å²) in [7, 11) is 0. The topological polar surface area (TPSA) is 89.0 Å². The molecule has 0 radical (unpaired) electrons. The van der Waals surface area contributed by atoms with Gasteiger partial charge in [-0.1, -0.05) is 58.4 Å². The van der Waals surface area contributed by atoms with E-state index in [4.69, 9.17) is 27.9 Å². The summed E-state index contributed by atoms with van der Waals surface area (Å²) in [6.45, 7) is 4.26. The summed E-state index contributed by atoms with van der Waals surface area (Å²) in [4.78, 5) is 16.5. The first-order chi connectivity index (χ1) is 14.0. The Labute approximate surface area is 186 Å². The van der Waals surface area contributed by atoms with Gasteiger partial charge in [0.15, 0.2) is 10.2 Å². The fourth-order valence-electron chi connectivity index (χ4n) is 2.20. The highest BCUT2D eigenvalue weighted by atomic mass is 35.5. The smallest absolute Gasteiger partial charge is 0.238 e. The molecule has 1 unspecified atom stereocenters. The third-order valence-electron chi connectivity index (χ3n) is 3.53. The minimum Gasteiger partial charge on any atom is -0.492 e. The molecule has 11 heteroatoms. The van der Waals surface area contributed by atoms with Gasteiger partial charge in [0, 0.05) is 6.20 Å². The molecule has 0 fully saturated rings. The summed E-state index contributed by atoms with van der Waals surface area (Å²) in [5.41, 5.74) is 0.802. The van der Waals surface area contributed by atoms with Gasteiger partial charge in [-0.15, -0.1) is 10.2 Å². The number of carbonyl (C=O) groups excluding carboxylic acids is 1. The van der Waals surface area contributed by atoms with Gasteiger partial charge < -0.3 is 15.4 Å². The Morgan fingerprint density at radius 1 is 1.31 bits per heavy atom. The highest BCUT2D eigenvalue weighted by Gasteiger charge is 2.19. The van der Waals surface area contributed by atoms with Gasteiger partial charge in [0.05, 0.1) is 27.6 Å². The zero-order valence-corrected chi connectivity index (χ0v) is 18.6. The first kappa shape index (κ1) is 21.6. The lowest BCUT2D eigenvalue weighted by molar-refractivity contribution is -0.115. The van der Waals surface area contributed by atoms with E-state index in [9.17, 15) is 4.79 Å². The molecule has 3 rings (SSSR count). The average molecular weight is 470 g/mol. The second-order valence-corrected chi connectivity index (χ2v) is 9.07.